The van der Waals surface area contributed by atoms with Crippen molar-refractivity contribution in [3.63, 3.8) is 0 Å². The van der Waals surface area contributed by atoms with Crippen LogP contribution in [0.3, 0.4) is 0 Å². The Balaban J connectivity index is 2.77. The second kappa shape index (κ2) is 5.59. The molecule has 0 aliphatic rings. The molecule has 0 saturated heterocycles. The number of carbonyl (C=O) groups excluding carboxylic acids is 2. The zero-order valence-corrected chi connectivity index (χ0v) is 8.29. The van der Waals surface area contributed by atoms with Gasteiger partial charge in [0, 0.05) is 18.0 Å². The number of hydrogen-bond donors (Lipinski definition) is 0. The highest BCUT2D eigenvalue weighted by molar-refractivity contribution is 5.85. The van der Waals surface area contributed by atoms with Crippen LogP contribution in [0.4, 0.5) is 5.69 Å². The zero-order valence-electron chi connectivity index (χ0n) is 8.29. The van der Waals surface area contributed by atoms with Crippen LogP contribution in [-0.4, -0.2) is 19.5 Å². The molecule has 4 heteroatoms. The first kappa shape index (κ1) is 11.0. The van der Waals surface area contributed by atoms with E-state index in [0.717, 1.165) is 0 Å². The lowest BCUT2D eigenvalue weighted by Gasteiger charge is -2.10. The lowest BCUT2D eigenvalue weighted by Crippen LogP contribution is -2.13. The van der Waals surface area contributed by atoms with E-state index >= 15 is 0 Å². The molecular formula is C11H11NO3. The van der Waals surface area contributed by atoms with Crippen molar-refractivity contribution < 1.29 is 14.3 Å². The summed E-state index contributed by atoms with van der Waals surface area (Å²) in [5, 5.41) is 0. The van der Waals surface area contributed by atoms with Crippen molar-refractivity contribution in [1.29, 1.82) is 0 Å². The summed E-state index contributed by atoms with van der Waals surface area (Å²) < 4.78 is 4.41. The summed E-state index contributed by atoms with van der Waals surface area (Å²) in [6, 6.07) is 8.97. The summed E-state index contributed by atoms with van der Waals surface area (Å²) in [5.74, 6) is -0.502. The molecule has 0 unspecified atom stereocenters. The molecule has 15 heavy (non-hydrogen) atoms. The van der Waals surface area contributed by atoms with Crippen molar-refractivity contribution in [2.45, 2.75) is 0 Å². The zero-order chi connectivity index (χ0) is 11.1. The molecule has 0 N–H and O–H groups in total. The van der Waals surface area contributed by atoms with Gasteiger partial charge in [0.1, 0.15) is 0 Å². The van der Waals surface area contributed by atoms with Gasteiger partial charge in [-0.2, -0.15) is 0 Å². The van der Waals surface area contributed by atoms with E-state index in [1.54, 1.807) is 24.3 Å². The molecular weight excluding hydrogens is 194 g/mol. The van der Waals surface area contributed by atoms with Crippen molar-refractivity contribution in [3.05, 3.63) is 42.6 Å². The van der Waals surface area contributed by atoms with E-state index in [9.17, 15) is 9.59 Å². The molecule has 0 aliphatic heterocycles. The molecule has 0 atom stereocenters. The van der Waals surface area contributed by atoms with E-state index in [4.69, 9.17) is 0 Å². The standard InChI is InChI=1S/C11H11NO3/c1-15-11(14)7-8-12(9-13)10-5-3-2-4-6-10/h2-9H,1H3/b8-7-. The number of anilines is 1. The Labute approximate surface area is 87.8 Å². The first-order valence-electron chi connectivity index (χ1n) is 4.32. The SMILES string of the molecule is COC(=O)/C=C\N(C=O)c1ccccc1. The van der Waals surface area contributed by atoms with E-state index in [-0.39, 0.29) is 0 Å². The average Bonchev–Trinajstić information content (AvgIpc) is 2.31. The Morgan fingerprint density at radius 3 is 2.53 bits per heavy atom. The second-order valence-corrected chi connectivity index (χ2v) is 2.69. The molecule has 0 bridgehead atoms. The summed E-state index contributed by atoms with van der Waals surface area (Å²) >= 11 is 0. The van der Waals surface area contributed by atoms with Gasteiger partial charge in [0.15, 0.2) is 0 Å². The molecule has 1 aromatic carbocycles. The van der Waals surface area contributed by atoms with Crippen molar-refractivity contribution >= 4 is 18.1 Å². The van der Waals surface area contributed by atoms with E-state index in [0.29, 0.717) is 12.1 Å². The van der Waals surface area contributed by atoms with Crippen molar-refractivity contribution in [3.8, 4) is 0 Å². The molecule has 0 saturated carbocycles. The number of hydrogen-bond acceptors (Lipinski definition) is 3. The first-order chi connectivity index (χ1) is 7.27. The molecule has 0 fully saturated rings. The maximum atomic E-state index is 10.8. The van der Waals surface area contributed by atoms with Gasteiger partial charge in [0.05, 0.1) is 7.11 Å². The molecule has 0 aromatic heterocycles. The highest BCUT2D eigenvalue weighted by atomic mass is 16.5. The number of para-hydroxylation sites is 1. The minimum absolute atomic E-state index is 0.502. The third kappa shape index (κ3) is 3.27. The first-order valence-corrected chi connectivity index (χ1v) is 4.32. The Morgan fingerprint density at radius 2 is 2.00 bits per heavy atom. The van der Waals surface area contributed by atoms with Crippen LogP contribution in [0.15, 0.2) is 42.6 Å². The van der Waals surface area contributed by atoms with Gasteiger partial charge in [-0.15, -0.1) is 0 Å². The van der Waals surface area contributed by atoms with Crippen LogP contribution >= 0.6 is 0 Å². The van der Waals surface area contributed by atoms with E-state index < -0.39 is 5.97 Å². The van der Waals surface area contributed by atoms with Crippen LogP contribution in [-0.2, 0) is 14.3 Å². The normalized spacial score (nSPS) is 9.93. The van der Waals surface area contributed by atoms with Gasteiger partial charge in [-0.05, 0) is 12.1 Å². The maximum Gasteiger partial charge on any atom is 0.331 e. The van der Waals surface area contributed by atoms with Crippen molar-refractivity contribution in [2.24, 2.45) is 0 Å². The predicted molar refractivity (Wildman–Crippen MR) is 56.1 cm³/mol. The van der Waals surface area contributed by atoms with Gasteiger partial charge >= 0.3 is 5.97 Å². The number of ether oxygens (including phenoxy) is 1. The quantitative estimate of drug-likeness (QED) is 0.423. The summed E-state index contributed by atoms with van der Waals surface area (Å²) in [4.78, 5) is 22.8. The lowest BCUT2D eigenvalue weighted by atomic mass is 10.3. The maximum absolute atomic E-state index is 10.8. The summed E-state index contributed by atoms with van der Waals surface area (Å²) in [6.07, 6.45) is 3.16. The number of benzene rings is 1. The van der Waals surface area contributed by atoms with Crippen LogP contribution in [0.1, 0.15) is 0 Å². The van der Waals surface area contributed by atoms with Crippen LogP contribution in [0.25, 0.3) is 0 Å². The Kier molecular flexibility index (Phi) is 4.09. The predicted octanol–water partition coefficient (Wildman–Crippen LogP) is 1.34. The highest BCUT2D eigenvalue weighted by Crippen LogP contribution is 2.11. The molecule has 0 radical (unpaired) electrons. The number of methoxy groups -OCH3 is 1. The Hall–Kier alpha value is -2.10. The van der Waals surface area contributed by atoms with Gasteiger partial charge in [-0.3, -0.25) is 9.69 Å². The van der Waals surface area contributed by atoms with E-state index in [1.807, 2.05) is 6.07 Å². The van der Waals surface area contributed by atoms with E-state index in [2.05, 4.69) is 4.74 Å². The molecule has 4 nitrogen and oxygen atoms in total. The monoisotopic (exact) mass is 205 g/mol. The van der Waals surface area contributed by atoms with E-state index in [1.165, 1.54) is 24.3 Å². The molecule has 0 aliphatic carbocycles. The van der Waals surface area contributed by atoms with Gasteiger partial charge in [0.2, 0.25) is 6.41 Å². The highest BCUT2D eigenvalue weighted by Gasteiger charge is 2.00. The molecule has 1 amide bonds. The molecule has 0 spiro atoms. The minimum atomic E-state index is -0.502. The van der Waals surface area contributed by atoms with Gasteiger partial charge in [-0.1, -0.05) is 18.2 Å². The molecule has 0 heterocycles. The minimum Gasteiger partial charge on any atom is -0.466 e. The topological polar surface area (TPSA) is 46.6 Å². The van der Waals surface area contributed by atoms with Crippen LogP contribution < -0.4 is 4.90 Å². The van der Waals surface area contributed by atoms with Crippen molar-refractivity contribution in [1.82, 2.24) is 0 Å². The fourth-order valence-electron chi connectivity index (χ4n) is 0.991. The lowest BCUT2D eigenvalue weighted by molar-refractivity contribution is -0.134. The molecule has 78 valence electrons. The Morgan fingerprint density at radius 1 is 1.33 bits per heavy atom. The average molecular weight is 205 g/mol. The molecule has 1 rings (SSSR count). The third-order valence-electron chi connectivity index (χ3n) is 1.74. The summed E-state index contributed by atoms with van der Waals surface area (Å²) in [5.41, 5.74) is 0.688. The third-order valence-corrected chi connectivity index (χ3v) is 1.74. The van der Waals surface area contributed by atoms with Crippen LogP contribution in [0.5, 0.6) is 0 Å². The van der Waals surface area contributed by atoms with Crippen LogP contribution in [0.2, 0.25) is 0 Å². The fraction of sp³-hybridized carbons (Fsp3) is 0.0909. The Bertz CT molecular complexity index is 359. The number of nitrogens with zero attached hydrogens (tertiary/aromatic N) is 1. The van der Waals surface area contributed by atoms with Gasteiger partial charge in [0.25, 0.3) is 0 Å². The summed E-state index contributed by atoms with van der Waals surface area (Å²) in [6.45, 7) is 0. The second-order valence-electron chi connectivity index (χ2n) is 2.69. The van der Waals surface area contributed by atoms with Gasteiger partial charge < -0.3 is 4.74 Å². The number of carbonyl (C=O) groups is 2. The van der Waals surface area contributed by atoms with Crippen molar-refractivity contribution in [2.75, 3.05) is 12.0 Å². The van der Waals surface area contributed by atoms with Crippen LogP contribution in [0, 0.1) is 0 Å². The smallest absolute Gasteiger partial charge is 0.331 e. The summed E-state index contributed by atoms with van der Waals surface area (Å²) in [7, 11) is 1.28. The fourth-order valence-corrected chi connectivity index (χ4v) is 0.991. The largest absolute Gasteiger partial charge is 0.466 e. The number of rotatable bonds is 4. The van der Waals surface area contributed by atoms with Gasteiger partial charge in [-0.25, -0.2) is 4.79 Å². The molecule has 1 aromatic rings. The number of amides is 1. The number of esters is 1.